The van der Waals surface area contributed by atoms with Gasteiger partial charge in [0.15, 0.2) is 0 Å². The monoisotopic (exact) mass is 353 g/mol. The van der Waals surface area contributed by atoms with Crippen LogP contribution in [0, 0.1) is 5.92 Å². The summed E-state index contributed by atoms with van der Waals surface area (Å²) in [6.07, 6.45) is 0.745. The third kappa shape index (κ3) is 4.41. The SMILES string of the molecule is CCS(=O)(=O)N(C)c1cccc(OCC2=NCCN2)c1CC(C)C. The van der Waals surface area contributed by atoms with Crippen molar-refractivity contribution in [2.75, 3.05) is 36.8 Å². The van der Waals surface area contributed by atoms with Gasteiger partial charge in [0.25, 0.3) is 0 Å². The zero-order valence-electron chi connectivity index (χ0n) is 14.9. The molecule has 7 heteroatoms. The third-order valence-corrected chi connectivity index (χ3v) is 5.71. The van der Waals surface area contributed by atoms with Crippen molar-refractivity contribution in [3.05, 3.63) is 23.8 Å². The van der Waals surface area contributed by atoms with Crippen LogP contribution in [0.5, 0.6) is 5.75 Å². The standard InChI is InChI=1S/C17H27N3O3S/c1-5-24(21,22)20(4)15-7-6-8-16(14(15)11-13(2)3)23-12-17-18-9-10-19-17/h6-8,13H,5,9-12H2,1-4H3,(H,18,19). The van der Waals surface area contributed by atoms with Gasteiger partial charge in [-0.05, 0) is 31.4 Å². The first-order valence-corrected chi connectivity index (χ1v) is 9.94. The van der Waals surface area contributed by atoms with Crippen molar-refractivity contribution >= 4 is 21.5 Å². The van der Waals surface area contributed by atoms with Crippen molar-refractivity contribution in [2.24, 2.45) is 10.9 Å². The average Bonchev–Trinajstić information content (AvgIpc) is 3.06. The molecule has 1 aliphatic rings. The summed E-state index contributed by atoms with van der Waals surface area (Å²) in [6.45, 7) is 7.86. The molecule has 1 aromatic rings. The van der Waals surface area contributed by atoms with E-state index in [1.165, 1.54) is 4.31 Å². The molecule has 0 bridgehead atoms. The lowest BCUT2D eigenvalue weighted by molar-refractivity contribution is 0.367. The molecule has 0 spiro atoms. The maximum absolute atomic E-state index is 12.3. The van der Waals surface area contributed by atoms with Crippen LogP contribution in [-0.2, 0) is 16.4 Å². The van der Waals surface area contributed by atoms with Crippen molar-refractivity contribution < 1.29 is 13.2 Å². The molecule has 0 saturated heterocycles. The Balaban J connectivity index is 2.34. The fraction of sp³-hybridized carbons (Fsp3) is 0.588. The Morgan fingerprint density at radius 2 is 2.12 bits per heavy atom. The van der Waals surface area contributed by atoms with Crippen LogP contribution in [0.15, 0.2) is 23.2 Å². The minimum Gasteiger partial charge on any atom is -0.485 e. The second kappa shape index (κ2) is 7.88. The lowest BCUT2D eigenvalue weighted by Gasteiger charge is -2.24. The first-order chi connectivity index (χ1) is 11.3. The Kier molecular flexibility index (Phi) is 6.10. The molecule has 6 nitrogen and oxygen atoms in total. The van der Waals surface area contributed by atoms with Crippen molar-refractivity contribution in [2.45, 2.75) is 27.2 Å². The minimum absolute atomic E-state index is 0.0659. The summed E-state index contributed by atoms with van der Waals surface area (Å²) in [5.41, 5.74) is 1.61. The van der Waals surface area contributed by atoms with E-state index in [9.17, 15) is 8.42 Å². The molecule has 1 N–H and O–H groups in total. The molecule has 0 unspecified atom stereocenters. The highest BCUT2D eigenvalue weighted by atomic mass is 32.2. The van der Waals surface area contributed by atoms with Crippen molar-refractivity contribution in [1.29, 1.82) is 0 Å². The number of benzene rings is 1. The Hall–Kier alpha value is -1.76. The Bertz CT molecular complexity index is 699. The number of nitrogens with one attached hydrogen (secondary N) is 1. The van der Waals surface area contributed by atoms with Crippen molar-refractivity contribution in [3.8, 4) is 5.75 Å². The van der Waals surface area contributed by atoms with Crippen LogP contribution in [0.3, 0.4) is 0 Å². The summed E-state index contributed by atoms with van der Waals surface area (Å²) >= 11 is 0. The van der Waals surface area contributed by atoms with Crippen molar-refractivity contribution in [1.82, 2.24) is 5.32 Å². The highest BCUT2D eigenvalue weighted by molar-refractivity contribution is 7.92. The normalized spacial score (nSPS) is 14.5. The number of nitrogens with zero attached hydrogens (tertiary/aromatic N) is 2. The van der Waals surface area contributed by atoms with E-state index in [4.69, 9.17) is 4.74 Å². The summed E-state index contributed by atoms with van der Waals surface area (Å²) in [7, 11) is -1.71. The van der Waals surface area contributed by atoms with E-state index in [2.05, 4.69) is 24.2 Å². The molecule has 0 aromatic heterocycles. The van der Waals surface area contributed by atoms with E-state index < -0.39 is 10.0 Å². The van der Waals surface area contributed by atoms with Gasteiger partial charge >= 0.3 is 0 Å². The number of anilines is 1. The van der Waals surface area contributed by atoms with Crippen LogP contribution in [-0.4, -0.2) is 46.8 Å². The van der Waals surface area contributed by atoms with E-state index >= 15 is 0 Å². The average molecular weight is 353 g/mol. The van der Waals surface area contributed by atoms with Crippen LogP contribution in [0.25, 0.3) is 0 Å². The van der Waals surface area contributed by atoms with E-state index in [-0.39, 0.29) is 5.75 Å². The molecule has 24 heavy (non-hydrogen) atoms. The molecular formula is C17H27N3O3S. The Morgan fingerprint density at radius 3 is 2.71 bits per heavy atom. The summed E-state index contributed by atoms with van der Waals surface area (Å²) in [6, 6.07) is 5.56. The molecule has 1 aromatic carbocycles. The van der Waals surface area contributed by atoms with Gasteiger partial charge in [0.05, 0.1) is 18.0 Å². The smallest absolute Gasteiger partial charge is 0.234 e. The predicted molar refractivity (Wildman–Crippen MR) is 98.6 cm³/mol. The van der Waals surface area contributed by atoms with Crippen LogP contribution >= 0.6 is 0 Å². The highest BCUT2D eigenvalue weighted by Crippen LogP contribution is 2.32. The maximum atomic E-state index is 12.3. The predicted octanol–water partition coefficient (Wildman–Crippen LogP) is 2.05. The first kappa shape index (κ1) is 18.6. The second-order valence-electron chi connectivity index (χ2n) is 6.26. The van der Waals surface area contributed by atoms with Crippen LogP contribution in [0.1, 0.15) is 26.3 Å². The number of sulfonamides is 1. The van der Waals surface area contributed by atoms with Gasteiger partial charge < -0.3 is 10.1 Å². The number of amidine groups is 1. The van der Waals surface area contributed by atoms with Gasteiger partial charge in [0.2, 0.25) is 10.0 Å². The zero-order valence-corrected chi connectivity index (χ0v) is 15.7. The van der Waals surface area contributed by atoms with E-state index in [1.54, 1.807) is 14.0 Å². The molecule has 1 heterocycles. The molecule has 0 amide bonds. The zero-order chi connectivity index (χ0) is 17.7. The first-order valence-electron chi connectivity index (χ1n) is 8.33. The quantitative estimate of drug-likeness (QED) is 0.776. The van der Waals surface area contributed by atoms with Crippen LogP contribution in [0.2, 0.25) is 0 Å². The molecule has 0 atom stereocenters. The van der Waals surface area contributed by atoms with Gasteiger partial charge in [-0.25, -0.2) is 8.42 Å². The molecule has 0 radical (unpaired) electrons. The van der Waals surface area contributed by atoms with E-state index in [0.29, 0.717) is 18.2 Å². The minimum atomic E-state index is -3.32. The van der Waals surface area contributed by atoms with Gasteiger partial charge in [-0.1, -0.05) is 19.9 Å². The van der Waals surface area contributed by atoms with Gasteiger partial charge in [-0.15, -0.1) is 0 Å². The number of aliphatic imine (C=N–C) groups is 1. The maximum Gasteiger partial charge on any atom is 0.234 e. The van der Waals surface area contributed by atoms with E-state index in [1.807, 2.05) is 18.2 Å². The summed E-state index contributed by atoms with van der Waals surface area (Å²) < 4.78 is 31.9. The van der Waals surface area contributed by atoms with Gasteiger partial charge in [-0.3, -0.25) is 9.30 Å². The number of hydrogen-bond acceptors (Lipinski definition) is 5. The summed E-state index contributed by atoms with van der Waals surface area (Å²) in [4.78, 5) is 4.33. The highest BCUT2D eigenvalue weighted by Gasteiger charge is 2.22. The number of rotatable bonds is 8. The topological polar surface area (TPSA) is 71.0 Å². The molecular weight excluding hydrogens is 326 g/mol. The summed E-state index contributed by atoms with van der Waals surface area (Å²) in [5, 5.41) is 3.18. The van der Waals surface area contributed by atoms with Crippen LogP contribution in [0.4, 0.5) is 5.69 Å². The molecule has 0 saturated carbocycles. The number of ether oxygens (including phenoxy) is 1. The summed E-state index contributed by atoms with van der Waals surface area (Å²) in [5.74, 6) is 2.01. The molecule has 1 aliphatic heterocycles. The van der Waals surface area contributed by atoms with Gasteiger partial charge in [0, 0.05) is 19.2 Å². The molecule has 0 fully saturated rings. The number of hydrogen-bond donors (Lipinski definition) is 1. The molecule has 0 aliphatic carbocycles. The lowest BCUT2D eigenvalue weighted by atomic mass is 10.00. The second-order valence-corrected chi connectivity index (χ2v) is 8.55. The third-order valence-electron chi connectivity index (χ3n) is 3.95. The van der Waals surface area contributed by atoms with Gasteiger partial charge in [0.1, 0.15) is 18.2 Å². The molecule has 2 rings (SSSR count). The Morgan fingerprint density at radius 1 is 1.38 bits per heavy atom. The lowest BCUT2D eigenvalue weighted by Crippen LogP contribution is -2.29. The van der Waals surface area contributed by atoms with Gasteiger partial charge in [-0.2, -0.15) is 0 Å². The Labute approximate surface area is 145 Å². The van der Waals surface area contributed by atoms with E-state index in [0.717, 1.165) is 36.7 Å². The largest absolute Gasteiger partial charge is 0.485 e. The fourth-order valence-electron chi connectivity index (χ4n) is 2.63. The molecule has 134 valence electrons. The fourth-order valence-corrected chi connectivity index (χ4v) is 3.49. The van der Waals surface area contributed by atoms with Crippen LogP contribution < -0.4 is 14.4 Å². The van der Waals surface area contributed by atoms with Crippen molar-refractivity contribution in [3.63, 3.8) is 0 Å².